The number of carboxylic acids is 1. The average Bonchev–Trinajstić information content (AvgIpc) is 2.01. The zero-order valence-corrected chi connectivity index (χ0v) is 7.91. The topological polar surface area (TPSA) is 50.2 Å². The van der Waals surface area contributed by atoms with Crippen molar-refractivity contribution in [1.29, 1.82) is 0 Å². The molecule has 64 valence electrons. The molecule has 0 fully saturated rings. The van der Waals surface area contributed by atoms with E-state index < -0.39 is 5.97 Å². The predicted molar refractivity (Wildman–Crippen MR) is 47.9 cm³/mol. The van der Waals surface area contributed by atoms with Crippen LogP contribution in [0.25, 0.3) is 0 Å². The molecule has 0 radical (unpaired) electrons. The van der Waals surface area contributed by atoms with E-state index in [2.05, 4.69) is 20.9 Å². The summed E-state index contributed by atoms with van der Waals surface area (Å²) in [5, 5.41) is 8.40. The second-order valence-electron chi connectivity index (χ2n) is 2.36. The summed E-state index contributed by atoms with van der Waals surface area (Å²) in [6, 6.07) is 3.63. The summed E-state index contributed by atoms with van der Waals surface area (Å²) in [5.74, 6) is -0.795. The van der Waals surface area contributed by atoms with Gasteiger partial charge in [0.2, 0.25) is 0 Å². The Kier molecular flexibility index (Phi) is 3.22. The number of aliphatic carboxylic acids is 1. The molecule has 0 amide bonds. The third-order valence-corrected chi connectivity index (χ3v) is 1.87. The van der Waals surface area contributed by atoms with Gasteiger partial charge in [0.05, 0.1) is 6.42 Å². The van der Waals surface area contributed by atoms with E-state index in [0.29, 0.717) is 6.42 Å². The fraction of sp³-hybridized carbons (Fsp3) is 0.250. The van der Waals surface area contributed by atoms with E-state index in [4.69, 9.17) is 5.11 Å². The Hall–Kier alpha value is -0.900. The van der Waals surface area contributed by atoms with Gasteiger partial charge >= 0.3 is 5.97 Å². The van der Waals surface area contributed by atoms with Crippen LogP contribution in [-0.4, -0.2) is 16.1 Å². The fourth-order valence-electron chi connectivity index (χ4n) is 0.820. The van der Waals surface area contributed by atoms with Gasteiger partial charge in [0, 0.05) is 22.8 Å². The number of carbonyl (C=O) groups is 1. The molecule has 0 saturated heterocycles. The Bertz CT molecular complexity index is 288. The predicted octanol–water partition coefficient (Wildman–Crippen LogP) is 1.86. The highest BCUT2D eigenvalue weighted by Crippen LogP contribution is 2.10. The number of carboxylic acid groups (broad SMARTS) is 1. The molecule has 4 heteroatoms. The van der Waals surface area contributed by atoms with Crippen LogP contribution in [0.4, 0.5) is 0 Å². The van der Waals surface area contributed by atoms with E-state index in [1.165, 1.54) is 0 Å². The molecule has 0 unspecified atom stereocenters. The van der Waals surface area contributed by atoms with Crippen LogP contribution in [0.1, 0.15) is 12.1 Å². The lowest BCUT2D eigenvalue weighted by Crippen LogP contribution is -1.98. The van der Waals surface area contributed by atoms with E-state index >= 15 is 0 Å². The molecule has 1 aromatic heterocycles. The Labute approximate surface area is 78.6 Å². The van der Waals surface area contributed by atoms with Gasteiger partial charge in [-0.05, 0) is 12.1 Å². The molecular weight excluding hydrogens is 222 g/mol. The summed E-state index contributed by atoms with van der Waals surface area (Å²) in [6.07, 6.45) is 2.26. The number of hydrogen-bond donors (Lipinski definition) is 1. The van der Waals surface area contributed by atoms with Crippen molar-refractivity contribution >= 4 is 21.9 Å². The quantitative estimate of drug-likeness (QED) is 0.862. The van der Waals surface area contributed by atoms with Gasteiger partial charge in [0.1, 0.15) is 0 Å². The summed E-state index contributed by atoms with van der Waals surface area (Å²) >= 11 is 3.28. The minimum Gasteiger partial charge on any atom is -0.481 e. The van der Waals surface area contributed by atoms with Gasteiger partial charge in [-0.15, -0.1) is 0 Å². The van der Waals surface area contributed by atoms with Crippen LogP contribution in [0.5, 0.6) is 0 Å². The van der Waals surface area contributed by atoms with Crippen LogP contribution in [0.2, 0.25) is 0 Å². The van der Waals surface area contributed by atoms with Gasteiger partial charge in [0.15, 0.2) is 0 Å². The normalized spacial score (nSPS) is 9.75. The Morgan fingerprint density at radius 3 is 3.00 bits per heavy atom. The molecule has 0 bridgehead atoms. The van der Waals surface area contributed by atoms with Crippen molar-refractivity contribution in [1.82, 2.24) is 4.98 Å². The third kappa shape index (κ3) is 3.00. The maximum Gasteiger partial charge on any atom is 0.303 e. The van der Waals surface area contributed by atoms with Crippen molar-refractivity contribution < 1.29 is 9.90 Å². The maximum absolute atomic E-state index is 10.2. The first-order valence-electron chi connectivity index (χ1n) is 3.50. The number of pyridine rings is 1. The molecule has 0 aromatic carbocycles. The summed E-state index contributed by atoms with van der Waals surface area (Å²) in [5.41, 5.74) is 0.798. The van der Waals surface area contributed by atoms with E-state index in [1.54, 1.807) is 6.20 Å². The van der Waals surface area contributed by atoms with Crippen molar-refractivity contribution in [3.8, 4) is 0 Å². The Morgan fingerprint density at radius 2 is 2.42 bits per heavy atom. The molecule has 0 aliphatic carbocycles. The van der Waals surface area contributed by atoms with Gasteiger partial charge in [-0.1, -0.05) is 15.9 Å². The summed E-state index contributed by atoms with van der Waals surface area (Å²) < 4.78 is 0.929. The van der Waals surface area contributed by atoms with Crippen molar-refractivity contribution in [3.63, 3.8) is 0 Å². The fourth-order valence-corrected chi connectivity index (χ4v) is 1.20. The van der Waals surface area contributed by atoms with Crippen LogP contribution in [0.15, 0.2) is 22.8 Å². The highest BCUT2D eigenvalue weighted by molar-refractivity contribution is 9.10. The number of rotatable bonds is 3. The van der Waals surface area contributed by atoms with Crippen LogP contribution in [0, 0.1) is 0 Å². The molecule has 0 spiro atoms. The van der Waals surface area contributed by atoms with Gasteiger partial charge in [0.25, 0.3) is 0 Å². The molecule has 12 heavy (non-hydrogen) atoms. The number of aryl methyl sites for hydroxylation is 1. The van der Waals surface area contributed by atoms with Gasteiger partial charge in [-0.25, -0.2) is 0 Å². The highest BCUT2D eigenvalue weighted by Gasteiger charge is 1.99. The summed E-state index contributed by atoms with van der Waals surface area (Å²) in [6.45, 7) is 0. The third-order valence-electron chi connectivity index (χ3n) is 1.37. The molecule has 0 aliphatic rings. The van der Waals surface area contributed by atoms with Crippen LogP contribution >= 0.6 is 15.9 Å². The number of halogens is 1. The van der Waals surface area contributed by atoms with Crippen LogP contribution in [0.3, 0.4) is 0 Å². The van der Waals surface area contributed by atoms with E-state index in [9.17, 15) is 4.79 Å². The second-order valence-corrected chi connectivity index (χ2v) is 3.27. The minimum atomic E-state index is -0.795. The molecule has 1 N–H and O–H groups in total. The number of aromatic nitrogens is 1. The lowest BCUT2D eigenvalue weighted by molar-refractivity contribution is -0.136. The van der Waals surface area contributed by atoms with Crippen molar-refractivity contribution in [2.45, 2.75) is 12.8 Å². The summed E-state index contributed by atoms with van der Waals surface area (Å²) in [4.78, 5) is 14.2. The standard InChI is InChI=1S/C8H8BrNO2/c9-6-3-4-10-7(5-6)1-2-8(11)12/h3-5H,1-2H2,(H,11,12). The number of hydrogen-bond acceptors (Lipinski definition) is 2. The molecule has 0 aliphatic heterocycles. The van der Waals surface area contributed by atoms with Crippen molar-refractivity contribution in [2.75, 3.05) is 0 Å². The largest absolute Gasteiger partial charge is 0.481 e. The zero-order chi connectivity index (χ0) is 8.97. The molecule has 1 heterocycles. The molecule has 3 nitrogen and oxygen atoms in total. The highest BCUT2D eigenvalue weighted by atomic mass is 79.9. The molecular formula is C8H8BrNO2. The lowest BCUT2D eigenvalue weighted by Gasteiger charge is -1.97. The van der Waals surface area contributed by atoms with Gasteiger partial charge < -0.3 is 5.11 Å². The van der Waals surface area contributed by atoms with Crippen LogP contribution in [-0.2, 0) is 11.2 Å². The number of nitrogens with zero attached hydrogens (tertiary/aromatic N) is 1. The molecule has 1 aromatic rings. The Morgan fingerprint density at radius 1 is 1.67 bits per heavy atom. The van der Waals surface area contributed by atoms with E-state index in [0.717, 1.165) is 10.2 Å². The molecule has 0 atom stereocenters. The smallest absolute Gasteiger partial charge is 0.303 e. The van der Waals surface area contributed by atoms with E-state index in [1.807, 2.05) is 12.1 Å². The SMILES string of the molecule is O=C(O)CCc1cc(Br)ccn1. The first kappa shape index (κ1) is 9.19. The van der Waals surface area contributed by atoms with Gasteiger partial charge in [-0.2, -0.15) is 0 Å². The average molecular weight is 230 g/mol. The Balaban J connectivity index is 2.57. The monoisotopic (exact) mass is 229 g/mol. The maximum atomic E-state index is 10.2. The van der Waals surface area contributed by atoms with Crippen LogP contribution < -0.4 is 0 Å². The molecule has 0 saturated carbocycles. The first-order chi connectivity index (χ1) is 5.68. The van der Waals surface area contributed by atoms with Crippen molar-refractivity contribution in [3.05, 3.63) is 28.5 Å². The first-order valence-corrected chi connectivity index (χ1v) is 4.30. The minimum absolute atomic E-state index is 0.128. The second kappa shape index (κ2) is 4.21. The zero-order valence-electron chi connectivity index (χ0n) is 6.33. The summed E-state index contributed by atoms with van der Waals surface area (Å²) in [7, 11) is 0. The van der Waals surface area contributed by atoms with Crippen molar-refractivity contribution in [2.24, 2.45) is 0 Å². The molecule has 1 rings (SSSR count). The lowest BCUT2D eigenvalue weighted by atomic mass is 10.2. The van der Waals surface area contributed by atoms with Gasteiger partial charge in [-0.3, -0.25) is 9.78 Å². The van der Waals surface area contributed by atoms with E-state index in [-0.39, 0.29) is 6.42 Å².